The Morgan fingerprint density at radius 2 is 1.34 bits per heavy atom. The normalized spacial score (nSPS) is 37.4. The quantitative estimate of drug-likeness (QED) is 0.575. The fraction of sp³-hybridized carbons (Fsp3) is 0.542. The van der Waals surface area contributed by atoms with Crippen LogP contribution in [0.15, 0.2) is 36.4 Å². The van der Waals surface area contributed by atoms with Gasteiger partial charge in [0.1, 0.15) is 0 Å². The highest BCUT2D eigenvalue weighted by atomic mass is 16.2. The lowest BCUT2D eigenvalue weighted by molar-refractivity contribution is -0.124. The van der Waals surface area contributed by atoms with Crippen molar-refractivity contribution in [2.45, 2.75) is 32.1 Å². The smallest absolute Gasteiger partial charge is 0.253 e. The molecule has 29 heavy (non-hydrogen) atoms. The monoisotopic (exact) mass is 390 g/mol. The maximum absolute atomic E-state index is 13.2. The molecule has 5 heteroatoms. The molecular weight excluding hydrogens is 364 g/mol. The maximum atomic E-state index is 13.2. The molecule has 4 aliphatic carbocycles. The van der Waals surface area contributed by atoms with E-state index in [-0.39, 0.29) is 41.4 Å². The number of nitrogens with zero attached hydrogens (tertiary/aromatic N) is 2. The molecule has 2 saturated heterocycles. The highest BCUT2D eigenvalue weighted by Crippen LogP contribution is 2.65. The molecule has 2 aliphatic heterocycles. The van der Waals surface area contributed by atoms with E-state index in [4.69, 9.17) is 0 Å². The molecule has 0 spiro atoms. The van der Waals surface area contributed by atoms with Gasteiger partial charge in [0.2, 0.25) is 11.8 Å². The zero-order chi connectivity index (χ0) is 19.7. The van der Waals surface area contributed by atoms with Crippen molar-refractivity contribution in [2.75, 3.05) is 18.0 Å². The average Bonchev–Trinajstić information content (AvgIpc) is 3.55. The van der Waals surface area contributed by atoms with E-state index in [0.29, 0.717) is 23.1 Å². The molecular formula is C24H26N2O3. The van der Waals surface area contributed by atoms with E-state index >= 15 is 0 Å². The van der Waals surface area contributed by atoms with Crippen molar-refractivity contribution in [3.8, 4) is 0 Å². The SMILES string of the molecule is O=C(c1ccc(N2C(=O)[C@@H]3[C@H]4C=C[C@@H]([C@@H]5C[C@@H]45)[C@@H]3C2=O)cc1)N1CCCCCC1. The lowest BCUT2D eigenvalue weighted by Gasteiger charge is -2.37. The molecule has 0 aromatic heterocycles. The van der Waals surface area contributed by atoms with E-state index in [1.165, 1.54) is 24.2 Å². The zero-order valence-electron chi connectivity index (χ0n) is 16.5. The number of rotatable bonds is 2. The van der Waals surface area contributed by atoms with Crippen LogP contribution >= 0.6 is 0 Å². The van der Waals surface area contributed by atoms with Gasteiger partial charge in [0.05, 0.1) is 17.5 Å². The molecule has 6 atom stereocenters. The van der Waals surface area contributed by atoms with E-state index in [0.717, 1.165) is 25.9 Å². The Morgan fingerprint density at radius 1 is 0.793 bits per heavy atom. The number of hydrogen-bond acceptors (Lipinski definition) is 3. The first-order chi connectivity index (χ1) is 14.1. The molecule has 2 saturated carbocycles. The van der Waals surface area contributed by atoms with E-state index in [1.54, 1.807) is 24.3 Å². The lowest BCUT2D eigenvalue weighted by Crippen LogP contribution is -2.40. The van der Waals surface area contributed by atoms with Crippen LogP contribution in [0.25, 0.3) is 0 Å². The van der Waals surface area contributed by atoms with Gasteiger partial charge in [-0.25, -0.2) is 0 Å². The van der Waals surface area contributed by atoms with Crippen LogP contribution in [0.1, 0.15) is 42.5 Å². The van der Waals surface area contributed by atoms with Crippen molar-refractivity contribution < 1.29 is 14.4 Å². The summed E-state index contributed by atoms with van der Waals surface area (Å²) in [5.74, 6) is 1.29. The second kappa shape index (κ2) is 6.28. The Hall–Kier alpha value is -2.43. The van der Waals surface area contributed by atoms with Gasteiger partial charge in [-0.2, -0.15) is 0 Å². The number of likely N-dealkylation sites (tertiary alicyclic amines) is 1. The van der Waals surface area contributed by atoms with Crippen LogP contribution in [-0.4, -0.2) is 35.7 Å². The van der Waals surface area contributed by atoms with Crippen molar-refractivity contribution in [3.63, 3.8) is 0 Å². The number of anilines is 1. The van der Waals surface area contributed by atoms with Gasteiger partial charge >= 0.3 is 0 Å². The summed E-state index contributed by atoms with van der Waals surface area (Å²) in [7, 11) is 0. The summed E-state index contributed by atoms with van der Waals surface area (Å²) >= 11 is 0. The van der Waals surface area contributed by atoms with Crippen LogP contribution in [0, 0.1) is 35.5 Å². The molecule has 7 rings (SSSR count). The van der Waals surface area contributed by atoms with Crippen LogP contribution in [-0.2, 0) is 9.59 Å². The molecule has 150 valence electrons. The summed E-state index contributed by atoms with van der Waals surface area (Å²) in [6.45, 7) is 1.62. The van der Waals surface area contributed by atoms with Crippen molar-refractivity contribution >= 4 is 23.4 Å². The molecule has 5 nitrogen and oxygen atoms in total. The third-order valence-electron chi connectivity index (χ3n) is 7.93. The second-order valence-corrected chi connectivity index (χ2v) is 9.42. The van der Waals surface area contributed by atoms with Gasteiger partial charge in [0.25, 0.3) is 5.91 Å². The summed E-state index contributed by atoms with van der Waals surface area (Å²) in [5.41, 5.74) is 1.24. The Bertz CT molecular complexity index is 877. The van der Waals surface area contributed by atoms with Crippen LogP contribution in [0.4, 0.5) is 5.69 Å². The van der Waals surface area contributed by atoms with Gasteiger partial charge < -0.3 is 4.90 Å². The lowest BCUT2D eigenvalue weighted by atomic mass is 9.63. The van der Waals surface area contributed by atoms with Gasteiger partial charge in [-0.1, -0.05) is 25.0 Å². The van der Waals surface area contributed by atoms with Crippen molar-refractivity contribution in [3.05, 3.63) is 42.0 Å². The standard InChI is InChI=1S/C24H26N2O3/c27-22(25-11-3-1-2-4-12-25)14-5-7-15(8-6-14)26-23(28)20-16-9-10-17(19-13-18(16)19)21(20)24(26)29/h5-10,16-21H,1-4,11-13H2/t16-,17-,18-,19-,20-,21+/m0/s1. The number of carbonyl (C=O) groups is 3. The van der Waals surface area contributed by atoms with E-state index in [9.17, 15) is 14.4 Å². The predicted octanol–water partition coefficient (Wildman–Crippen LogP) is 3.26. The van der Waals surface area contributed by atoms with E-state index in [2.05, 4.69) is 12.2 Å². The second-order valence-electron chi connectivity index (χ2n) is 9.42. The van der Waals surface area contributed by atoms with Gasteiger partial charge in [0.15, 0.2) is 0 Å². The number of hydrogen-bond donors (Lipinski definition) is 0. The minimum Gasteiger partial charge on any atom is -0.339 e. The largest absolute Gasteiger partial charge is 0.339 e. The number of carbonyl (C=O) groups excluding carboxylic acids is 3. The first kappa shape index (κ1) is 17.4. The van der Waals surface area contributed by atoms with Gasteiger partial charge in [-0.15, -0.1) is 0 Å². The Balaban J connectivity index is 1.24. The molecule has 6 aliphatic rings. The topological polar surface area (TPSA) is 57.7 Å². The van der Waals surface area contributed by atoms with Crippen LogP contribution in [0.2, 0.25) is 0 Å². The number of amides is 3. The first-order valence-corrected chi connectivity index (χ1v) is 11.1. The van der Waals surface area contributed by atoms with Crippen LogP contribution in [0.3, 0.4) is 0 Å². The number of benzene rings is 1. The molecule has 2 heterocycles. The first-order valence-electron chi connectivity index (χ1n) is 11.1. The highest BCUT2D eigenvalue weighted by molar-refractivity contribution is 6.22. The van der Waals surface area contributed by atoms with Gasteiger partial charge in [-0.05, 0) is 67.2 Å². The van der Waals surface area contributed by atoms with Gasteiger partial charge in [-0.3, -0.25) is 19.3 Å². The zero-order valence-corrected chi connectivity index (χ0v) is 16.5. The number of imide groups is 1. The molecule has 1 aromatic rings. The Labute approximate surface area is 170 Å². The van der Waals surface area contributed by atoms with E-state index in [1.807, 2.05) is 4.90 Å². The molecule has 3 amide bonds. The molecule has 4 fully saturated rings. The average molecular weight is 390 g/mol. The molecule has 2 bridgehead atoms. The molecule has 1 aromatic carbocycles. The van der Waals surface area contributed by atoms with Crippen molar-refractivity contribution in [1.29, 1.82) is 0 Å². The van der Waals surface area contributed by atoms with Crippen molar-refractivity contribution in [2.24, 2.45) is 35.5 Å². The third-order valence-corrected chi connectivity index (χ3v) is 7.93. The molecule has 0 unspecified atom stereocenters. The fourth-order valence-corrected chi connectivity index (χ4v) is 6.42. The summed E-state index contributed by atoms with van der Waals surface area (Å²) in [6, 6.07) is 7.09. The summed E-state index contributed by atoms with van der Waals surface area (Å²) < 4.78 is 0. The third kappa shape index (κ3) is 2.49. The minimum absolute atomic E-state index is 0.0451. The summed E-state index contributed by atoms with van der Waals surface area (Å²) in [4.78, 5) is 42.6. The number of allylic oxidation sites excluding steroid dienone is 2. The van der Waals surface area contributed by atoms with Crippen LogP contribution in [0.5, 0.6) is 0 Å². The van der Waals surface area contributed by atoms with Crippen molar-refractivity contribution in [1.82, 2.24) is 4.90 Å². The molecule has 0 N–H and O–H groups in total. The predicted molar refractivity (Wildman–Crippen MR) is 108 cm³/mol. The minimum atomic E-state index is -0.181. The van der Waals surface area contributed by atoms with E-state index < -0.39 is 0 Å². The van der Waals surface area contributed by atoms with Gasteiger partial charge in [0, 0.05) is 18.7 Å². The van der Waals surface area contributed by atoms with Crippen LogP contribution < -0.4 is 4.90 Å². The fourth-order valence-electron chi connectivity index (χ4n) is 6.42. The molecule has 0 radical (unpaired) electrons. The summed E-state index contributed by atoms with van der Waals surface area (Å²) in [6.07, 6.45) is 10.0. The highest BCUT2D eigenvalue weighted by Gasteiger charge is 2.67. The summed E-state index contributed by atoms with van der Waals surface area (Å²) in [5, 5.41) is 0. The Kier molecular flexibility index (Phi) is 3.78. The maximum Gasteiger partial charge on any atom is 0.253 e. The Morgan fingerprint density at radius 3 is 1.90 bits per heavy atom.